The van der Waals surface area contributed by atoms with Gasteiger partial charge in [-0.05, 0) is 29.7 Å². The molecule has 0 spiro atoms. The van der Waals surface area contributed by atoms with Crippen LogP contribution >= 0.6 is 11.3 Å². The van der Waals surface area contributed by atoms with Crippen LogP contribution in [-0.4, -0.2) is 25.1 Å². The van der Waals surface area contributed by atoms with Crippen LogP contribution in [0.1, 0.15) is 16.3 Å². The van der Waals surface area contributed by atoms with Crippen LogP contribution in [0, 0.1) is 18.2 Å². The molecule has 2 aromatic carbocycles. The zero-order chi connectivity index (χ0) is 21.5. The largest absolute Gasteiger partial charge is 0.497 e. The molecule has 1 aromatic heterocycles. The fraction of sp³-hybridized carbons (Fsp3) is 0.130. The molecule has 0 aliphatic rings. The van der Waals surface area contributed by atoms with Gasteiger partial charge in [-0.2, -0.15) is 0 Å². The van der Waals surface area contributed by atoms with E-state index in [1.807, 2.05) is 0 Å². The van der Waals surface area contributed by atoms with Gasteiger partial charge in [0, 0.05) is 29.7 Å². The van der Waals surface area contributed by atoms with Gasteiger partial charge in [0.05, 0.1) is 32.1 Å². The van der Waals surface area contributed by atoms with Gasteiger partial charge >= 0.3 is 0 Å². The van der Waals surface area contributed by atoms with Gasteiger partial charge < -0.3 is 14.4 Å². The molecule has 0 N–H and O–H groups in total. The molecule has 7 heteroatoms. The summed E-state index contributed by atoms with van der Waals surface area (Å²) >= 11 is 1.33. The fourth-order valence-electron chi connectivity index (χ4n) is 2.69. The molecular formula is C23H19FN2O3S. The number of hydrogen-bond donors (Lipinski definition) is 0. The molecule has 3 rings (SSSR count). The number of nitrogens with zero attached hydrogens (tertiary/aromatic N) is 2. The second kappa shape index (κ2) is 9.72. The first-order valence-corrected chi connectivity index (χ1v) is 9.79. The normalized spacial score (nSPS) is 10.6. The molecule has 0 aliphatic heterocycles. The Kier molecular flexibility index (Phi) is 6.83. The third-order valence-electron chi connectivity index (χ3n) is 4.21. The molecule has 1 amide bonds. The van der Waals surface area contributed by atoms with Crippen LogP contribution in [-0.2, 0) is 11.3 Å². The minimum atomic E-state index is -0.340. The predicted octanol–water partition coefficient (Wildman–Crippen LogP) is 4.53. The van der Waals surface area contributed by atoms with Crippen LogP contribution in [0.5, 0.6) is 11.5 Å². The molecule has 0 bridgehead atoms. The molecule has 5 nitrogen and oxygen atoms in total. The van der Waals surface area contributed by atoms with Crippen molar-refractivity contribution in [1.82, 2.24) is 4.98 Å². The third-order valence-corrected chi connectivity index (χ3v) is 5.00. The van der Waals surface area contributed by atoms with Crippen molar-refractivity contribution in [2.24, 2.45) is 0 Å². The summed E-state index contributed by atoms with van der Waals surface area (Å²) in [6.45, 7) is 0.229. The first-order valence-electron chi connectivity index (χ1n) is 8.91. The Bertz CT molecular complexity index is 1080. The van der Waals surface area contributed by atoms with Crippen molar-refractivity contribution in [2.45, 2.75) is 6.54 Å². The minimum Gasteiger partial charge on any atom is -0.497 e. The molecule has 3 aromatic rings. The molecule has 0 saturated heterocycles. The lowest BCUT2D eigenvalue weighted by Gasteiger charge is -2.23. The molecule has 30 heavy (non-hydrogen) atoms. The number of aromatic nitrogens is 1. The summed E-state index contributed by atoms with van der Waals surface area (Å²) in [5, 5.41) is 2.32. The molecule has 0 atom stereocenters. The van der Waals surface area contributed by atoms with Crippen LogP contribution in [0.2, 0.25) is 0 Å². The van der Waals surface area contributed by atoms with Gasteiger partial charge in [0.1, 0.15) is 17.3 Å². The summed E-state index contributed by atoms with van der Waals surface area (Å²) in [5.74, 6) is 2.93. The number of thiazole rings is 1. The van der Waals surface area contributed by atoms with E-state index in [4.69, 9.17) is 15.9 Å². The highest BCUT2D eigenvalue weighted by atomic mass is 32.1. The minimum absolute atomic E-state index is 0.229. The van der Waals surface area contributed by atoms with Gasteiger partial charge in [-0.15, -0.1) is 17.8 Å². The van der Waals surface area contributed by atoms with E-state index in [1.165, 1.54) is 43.8 Å². The smallest absolute Gasteiger partial charge is 0.251 e. The summed E-state index contributed by atoms with van der Waals surface area (Å²) in [4.78, 5) is 18.9. The standard InChI is InChI=1S/C23H19FN2O3S/c1-4-22-25-18(15-30-22)9-10-23(27)26(14-16-5-7-17(24)8-6-16)19-11-20(28-2)13-21(12-19)29-3/h1,5-13,15H,14H2,2-3H3/b10-9+. The Hall–Kier alpha value is -3.63. The summed E-state index contributed by atoms with van der Waals surface area (Å²) in [6.07, 6.45) is 8.37. The molecule has 0 fully saturated rings. The highest BCUT2D eigenvalue weighted by Gasteiger charge is 2.17. The van der Waals surface area contributed by atoms with Crippen LogP contribution < -0.4 is 14.4 Å². The van der Waals surface area contributed by atoms with E-state index >= 15 is 0 Å². The van der Waals surface area contributed by atoms with Crippen LogP contribution in [0.15, 0.2) is 53.9 Å². The van der Waals surface area contributed by atoms with Crippen LogP contribution in [0.4, 0.5) is 10.1 Å². The van der Waals surface area contributed by atoms with Crippen molar-refractivity contribution in [3.05, 3.63) is 76.0 Å². The Labute approximate surface area is 178 Å². The van der Waals surface area contributed by atoms with E-state index in [0.29, 0.717) is 27.9 Å². The highest BCUT2D eigenvalue weighted by Crippen LogP contribution is 2.30. The van der Waals surface area contributed by atoms with E-state index in [2.05, 4.69) is 10.9 Å². The number of carbonyl (C=O) groups excluding carboxylic acids is 1. The number of amides is 1. The van der Waals surface area contributed by atoms with Gasteiger partial charge in [-0.25, -0.2) is 9.37 Å². The van der Waals surface area contributed by atoms with Crippen molar-refractivity contribution >= 4 is 29.0 Å². The number of benzene rings is 2. The summed E-state index contributed by atoms with van der Waals surface area (Å²) in [5.41, 5.74) is 1.95. The first-order chi connectivity index (χ1) is 14.5. The molecule has 0 saturated carbocycles. The van der Waals surface area contributed by atoms with Gasteiger partial charge in [-0.1, -0.05) is 12.1 Å². The Balaban J connectivity index is 1.95. The van der Waals surface area contributed by atoms with Crippen LogP contribution in [0.3, 0.4) is 0 Å². The number of ether oxygens (including phenoxy) is 2. The van der Waals surface area contributed by atoms with Gasteiger partial charge in [-0.3, -0.25) is 4.79 Å². The van der Waals surface area contributed by atoms with Crippen molar-refractivity contribution in [3.8, 4) is 23.8 Å². The third kappa shape index (κ3) is 5.25. The Morgan fingerprint density at radius 2 is 1.87 bits per heavy atom. The van der Waals surface area contributed by atoms with Crippen molar-refractivity contribution < 1.29 is 18.7 Å². The number of halogens is 1. The predicted molar refractivity (Wildman–Crippen MR) is 116 cm³/mol. The van der Waals surface area contributed by atoms with Crippen molar-refractivity contribution in [3.63, 3.8) is 0 Å². The number of anilines is 1. The van der Waals surface area contributed by atoms with E-state index < -0.39 is 0 Å². The Morgan fingerprint density at radius 1 is 1.20 bits per heavy atom. The quantitative estimate of drug-likeness (QED) is 0.415. The van der Waals surface area contributed by atoms with Crippen molar-refractivity contribution in [1.29, 1.82) is 0 Å². The summed E-state index contributed by atoms with van der Waals surface area (Å²) < 4.78 is 23.9. The van der Waals surface area contributed by atoms with Crippen LogP contribution in [0.25, 0.3) is 6.08 Å². The Morgan fingerprint density at radius 3 is 2.43 bits per heavy atom. The number of methoxy groups -OCH3 is 2. The van der Waals surface area contributed by atoms with Gasteiger partial charge in [0.2, 0.25) is 0 Å². The molecule has 0 aliphatic carbocycles. The highest BCUT2D eigenvalue weighted by molar-refractivity contribution is 7.10. The number of terminal acetylenes is 1. The van der Waals surface area contributed by atoms with Crippen molar-refractivity contribution in [2.75, 3.05) is 19.1 Å². The number of carbonyl (C=O) groups is 1. The maximum Gasteiger partial charge on any atom is 0.251 e. The topological polar surface area (TPSA) is 51.7 Å². The molecule has 0 radical (unpaired) electrons. The SMILES string of the molecule is C#Cc1nc(/C=C/C(=O)N(Cc2ccc(F)cc2)c2cc(OC)cc(OC)c2)cs1. The molecule has 1 heterocycles. The maximum atomic E-state index is 13.3. The second-order valence-electron chi connectivity index (χ2n) is 6.18. The number of rotatable bonds is 7. The second-order valence-corrected chi connectivity index (χ2v) is 7.04. The molecular weight excluding hydrogens is 403 g/mol. The molecule has 152 valence electrons. The van der Waals surface area contributed by atoms with E-state index in [1.54, 1.807) is 46.7 Å². The lowest BCUT2D eigenvalue weighted by molar-refractivity contribution is -0.114. The average molecular weight is 422 g/mol. The fourth-order valence-corrected chi connectivity index (χ4v) is 3.28. The maximum absolute atomic E-state index is 13.3. The van der Waals surface area contributed by atoms with E-state index in [-0.39, 0.29) is 18.3 Å². The summed E-state index contributed by atoms with van der Waals surface area (Å²) in [6, 6.07) is 11.2. The first kappa shape index (κ1) is 21.1. The van der Waals surface area contributed by atoms with E-state index in [0.717, 1.165) is 5.56 Å². The monoisotopic (exact) mass is 422 g/mol. The average Bonchev–Trinajstić information content (AvgIpc) is 3.24. The van der Waals surface area contributed by atoms with Gasteiger partial charge in [0.15, 0.2) is 5.01 Å². The lowest BCUT2D eigenvalue weighted by atomic mass is 10.1. The van der Waals surface area contributed by atoms with Gasteiger partial charge in [0.25, 0.3) is 5.91 Å². The van der Waals surface area contributed by atoms with E-state index in [9.17, 15) is 9.18 Å². The zero-order valence-corrected chi connectivity index (χ0v) is 17.3. The lowest BCUT2D eigenvalue weighted by Crippen LogP contribution is -2.28. The molecule has 0 unspecified atom stereocenters. The number of hydrogen-bond acceptors (Lipinski definition) is 5. The zero-order valence-electron chi connectivity index (χ0n) is 16.5. The summed E-state index contributed by atoms with van der Waals surface area (Å²) in [7, 11) is 3.08.